The lowest BCUT2D eigenvalue weighted by Crippen LogP contribution is -2.55. The number of hydrogen-bond acceptors (Lipinski definition) is 4. The zero-order valence-electron chi connectivity index (χ0n) is 16.7. The molecule has 3 rings (SSSR count). The van der Waals surface area contributed by atoms with Crippen molar-refractivity contribution in [3.05, 3.63) is 65.8 Å². The summed E-state index contributed by atoms with van der Waals surface area (Å²) in [7, 11) is 0. The van der Waals surface area contributed by atoms with Gasteiger partial charge in [0.1, 0.15) is 6.10 Å². The third-order valence-electron chi connectivity index (χ3n) is 6.74. The quantitative estimate of drug-likeness (QED) is 0.462. The van der Waals surface area contributed by atoms with Gasteiger partial charge in [0.15, 0.2) is 0 Å². The summed E-state index contributed by atoms with van der Waals surface area (Å²) in [6, 6.07) is 9.62. The SMILES string of the molecule is C=C1[C@@H](C)C[C@@H](OC(=O)/C=C/c2ccccc2)[C@@]2(C)[C@H]1CC=C(CO)[C@@H]2CO. The van der Waals surface area contributed by atoms with Gasteiger partial charge >= 0.3 is 5.97 Å². The van der Waals surface area contributed by atoms with Crippen molar-refractivity contribution in [3.8, 4) is 0 Å². The predicted octanol–water partition coefficient (Wildman–Crippen LogP) is 3.76. The highest BCUT2D eigenvalue weighted by atomic mass is 16.5. The Morgan fingerprint density at radius 3 is 2.68 bits per heavy atom. The maximum absolute atomic E-state index is 12.6. The number of rotatable bonds is 5. The first-order valence-electron chi connectivity index (χ1n) is 9.94. The van der Waals surface area contributed by atoms with Crippen molar-refractivity contribution in [2.75, 3.05) is 13.2 Å². The largest absolute Gasteiger partial charge is 0.459 e. The Bertz CT molecular complexity index is 779. The number of allylic oxidation sites excluding steroid dienone is 2. The first-order valence-corrected chi connectivity index (χ1v) is 9.94. The number of aliphatic hydroxyl groups is 2. The summed E-state index contributed by atoms with van der Waals surface area (Å²) >= 11 is 0. The third-order valence-corrected chi connectivity index (χ3v) is 6.74. The number of hydrogen-bond donors (Lipinski definition) is 2. The van der Waals surface area contributed by atoms with Crippen LogP contribution in [0.4, 0.5) is 0 Å². The van der Waals surface area contributed by atoms with Crippen LogP contribution >= 0.6 is 0 Å². The van der Waals surface area contributed by atoms with Crippen LogP contribution < -0.4 is 0 Å². The van der Waals surface area contributed by atoms with Crippen molar-refractivity contribution in [2.24, 2.45) is 23.2 Å². The molecule has 5 atom stereocenters. The Labute approximate surface area is 167 Å². The molecule has 0 aromatic heterocycles. The molecule has 0 unspecified atom stereocenters. The number of aliphatic hydroxyl groups excluding tert-OH is 2. The van der Waals surface area contributed by atoms with Crippen LogP contribution in [0.15, 0.2) is 60.2 Å². The molecule has 2 aliphatic rings. The molecule has 1 fully saturated rings. The number of carbonyl (C=O) groups excluding carboxylic acids is 1. The number of ether oxygens (including phenoxy) is 1. The van der Waals surface area contributed by atoms with Gasteiger partial charge in [0.05, 0.1) is 13.2 Å². The molecular formula is C24H30O4. The summed E-state index contributed by atoms with van der Waals surface area (Å²) in [6.07, 6.45) is 6.30. The van der Waals surface area contributed by atoms with E-state index in [1.54, 1.807) is 6.08 Å². The molecule has 28 heavy (non-hydrogen) atoms. The lowest BCUT2D eigenvalue weighted by molar-refractivity contribution is -0.162. The molecular weight excluding hydrogens is 352 g/mol. The average molecular weight is 383 g/mol. The summed E-state index contributed by atoms with van der Waals surface area (Å²) in [6.45, 7) is 8.30. The van der Waals surface area contributed by atoms with Crippen LogP contribution in [-0.4, -0.2) is 35.5 Å². The monoisotopic (exact) mass is 382 g/mol. The van der Waals surface area contributed by atoms with E-state index in [0.717, 1.165) is 23.1 Å². The number of esters is 1. The minimum Gasteiger partial charge on any atom is -0.459 e. The normalized spacial score (nSPS) is 32.7. The predicted molar refractivity (Wildman–Crippen MR) is 110 cm³/mol. The van der Waals surface area contributed by atoms with Gasteiger partial charge in [0, 0.05) is 17.4 Å². The highest BCUT2D eigenvalue weighted by Gasteiger charge is 2.55. The number of fused-ring (bicyclic) bond motifs is 1. The van der Waals surface area contributed by atoms with E-state index >= 15 is 0 Å². The molecule has 1 aromatic rings. The van der Waals surface area contributed by atoms with Crippen LogP contribution in [0, 0.1) is 23.2 Å². The van der Waals surface area contributed by atoms with E-state index in [1.165, 1.54) is 6.08 Å². The van der Waals surface area contributed by atoms with E-state index in [4.69, 9.17) is 4.74 Å². The minimum absolute atomic E-state index is 0.0883. The molecule has 0 amide bonds. The second-order valence-corrected chi connectivity index (χ2v) is 8.21. The third kappa shape index (κ3) is 3.71. The molecule has 1 aromatic carbocycles. The molecule has 1 saturated carbocycles. The Morgan fingerprint density at radius 1 is 1.32 bits per heavy atom. The van der Waals surface area contributed by atoms with Crippen LogP contribution in [0.3, 0.4) is 0 Å². The summed E-state index contributed by atoms with van der Waals surface area (Å²) in [4.78, 5) is 12.6. The maximum Gasteiger partial charge on any atom is 0.331 e. The molecule has 4 nitrogen and oxygen atoms in total. The van der Waals surface area contributed by atoms with E-state index in [0.29, 0.717) is 6.42 Å². The van der Waals surface area contributed by atoms with Crippen LogP contribution in [0.5, 0.6) is 0 Å². The van der Waals surface area contributed by atoms with Gasteiger partial charge < -0.3 is 14.9 Å². The number of benzene rings is 1. The fourth-order valence-corrected chi connectivity index (χ4v) is 4.95. The van der Waals surface area contributed by atoms with Gasteiger partial charge in [-0.2, -0.15) is 0 Å². The molecule has 2 N–H and O–H groups in total. The zero-order chi connectivity index (χ0) is 20.3. The van der Waals surface area contributed by atoms with Crippen molar-refractivity contribution in [2.45, 2.75) is 32.8 Å². The molecule has 2 aliphatic carbocycles. The van der Waals surface area contributed by atoms with E-state index in [2.05, 4.69) is 20.4 Å². The molecule has 0 saturated heterocycles. The standard InChI is InChI=1S/C24H30O4/c1-16-13-22(28-23(27)12-9-18-7-5-4-6-8-18)24(3)20(17(16)2)11-10-19(14-25)21(24)15-26/h4-10,12,16,20-22,25-26H,2,11,13-15H2,1,3H3/b12-9+/t16-,20-,21-,22+,24-/m0/s1. The smallest absolute Gasteiger partial charge is 0.331 e. The van der Waals surface area contributed by atoms with Gasteiger partial charge in [-0.1, -0.05) is 62.4 Å². The molecule has 0 bridgehead atoms. The first kappa shape index (κ1) is 20.6. The van der Waals surface area contributed by atoms with Gasteiger partial charge in [-0.25, -0.2) is 4.79 Å². The van der Waals surface area contributed by atoms with Crippen LogP contribution in [0.1, 0.15) is 32.3 Å². The van der Waals surface area contributed by atoms with Gasteiger partial charge in [0.25, 0.3) is 0 Å². The van der Waals surface area contributed by atoms with Gasteiger partial charge in [-0.05, 0) is 41.9 Å². The molecule has 0 heterocycles. The lowest BCUT2D eigenvalue weighted by Gasteiger charge is -2.55. The Balaban J connectivity index is 1.86. The Morgan fingerprint density at radius 2 is 2.04 bits per heavy atom. The molecule has 0 radical (unpaired) electrons. The second kappa shape index (κ2) is 8.46. The molecule has 4 heteroatoms. The zero-order valence-corrected chi connectivity index (χ0v) is 16.7. The van der Waals surface area contributed by atoms with Crippen molar-refractivity contribution in [1.29, 1.82) is 0 Å². The van der Waals surface area contributed by atoms with Crippen LogP contribution in [0.2, 0.25) is 0 Å². The summed E-state index contributed by atoms with van der Waals surface area (Å²) < 4.78 is 5.94. The van der Waals surface area contributed by atoms with Crippen molar-refractivity contribution in [1.82, 2.24) is 0 Å². The van der Waals surface area contributed by atoms with Crippen LogP contribution in [0.25, 0.3) is 6.08 Å². The van der Waals surface area contributed by atoms with Crippen molar-refractivity contribution >= 4 is 12.0 Å². The van der Waals surface area contributed by atoms with E-state index in [1.807, 2.05) is 36.4 Å². The maximum atomic E-state index is 12.6. The Hall–Kier alpha value is -2.17. The minimum atomic E-state index is -0.485. The first-order chi connectivity index (χ1) is 13.4. The average Bonchev–Trinajstić information content (AvgIpc) is 2.70. The molecule has 0 spiro atoms. The molecule has 0 aliphatic heterocycles. The highest BCUT2D eigenvalue weighted by molar-refractivity contribution is 5.87. The lowest BCUT2D eigenvalue weighted by atomic mass is 9.51. The topological polar surface area (TPSA) is 66.8 Å². The van der Waals surface area contributed by atoms with Crippen LogP contribution in [-0.2, 0) is 9.53 Å². The van der Waals surface area contributed by atoms with E-state index in [-0.39, 0.29) is 43.0 Å². The van der Waals surface area contributed by atoms with Crippen molar-refractivity contribution < 1.29 is 19.7 Å². The summed E-state index contributed by atoms with van der Waals surface area (Å²) in [5.41, 5.74) is 2.41. The van der Waals surface area contributed by atoms with Gasteiger partial charge in [-0.15, -0.1) is 0 Å². The van der Waals surface area contributed by atoms with E-state index < -0.39 is 5.41 Å². The highest BCUT2D eigenvalue weighted by Crippen LogP contribution is 2.57. The molecule has 150 valence electrons. The fraction of sp³-hybridized carbons (Fsp3) is 0.458. The fourth-order valence-electron chi connectivity index (χ4n) is 4.95. The van der Waals surface area contributed by atoms with E-state index in [9.17, 15) is 15.0 Å². The summed E-state index contributed by atoms with van der Waals surface area (Å²) in [5.74, 6) is -0.293. The van der Waals surface area contributed by atoms with Gasteiger partial charge in [-0.3, -0.25) is 0 Å². The summed E-state index contributed by atoms with van der Waals surface area (Å²) in [5, 5.41) is 19.9. The van der Waals surface area contributed by atoms with Crippen molar-refractivity contribution in [3.63, 3.8) is 0 Å². The Kier molecular flexibility index (Phi) is 6.21. The second-order valence-electron chi connectivity index (χ2n) is 8.21. The van der Waals surface area contributed by atoms with Gasteiger partial charge in [0.2, 0.25) is 0 Å². The number of carbonyl (C=O) groups is 1.